The highest BCUT2D eigenvalue weighted by Crippen LogP contribution is 2.34. The fourth-order valence-corrected chi connectivity index (χ4v) is 4.27. The highest BCUT2D eigenvalue weighted by atomic mass is 16.5. The topological polar surface area (TPSA) is 44.8 Å². The number of ether oxygens (including phenoxy) is 3. The summed E-state index contributed by atoms with van der Waals surface area (Å²) in [6.45, 7) is 1.27. The number of hydrogen-bond acceptors (Lipinski definition) is 4. The second-order valence-electron chi connectivity index (χ2n) is 8.73. The SMILES string of the molecule is COC(=O)/C=C/c1ccc(OCC2CCCCC2)c(-c2ccc(OCc3ccccc3)cc2)c1. The van der Waals surface area contributed by atoms with Crippen LogP contribution in [0.4, 0.5) is 0 Å². The number of benzene rings is 3. The Morgan fingerprint density at radius 3 is 2.41 bits per heavy atom. The molecular weight excluding hydrogens is 424 g/mol. The monoisotopic (exact) mass is 456 g/mol. The van der Waals surface area contributed by atoms with Crippen LogP contribution in [0.15, 0.2) is 78.9 Å². The molecule has 3 aromatic rings. The Morgan fingerprint density at radius 1 is 0.912 bits per heavy atom. The molecule has 0 atom stereocenters. The van der Waals surface area contributed by atoms with Crippen LogP contribution in [-0.4, -0.2) is 19.7 Å². The predicted molar refractivity (Wildman–Crippen MR) is 136 cm³/mol. The van der Waals surface area contributed by atoms with Gasteiger partial charge in [0.15, 0.2) is 0 Å². The summed E-state index contributed by atoms with van der Waals surface area (Å²) in [5.74, 6) is 1.92. The Balaban J connectivity index is 1.52. The lowest BCUT2D eigenvalue weighted by atomic mass is 9.90. The predicted octanol–water partition coefficient (Wildman–Crippen LogP) is 7.08. The van der Waals surface area contributed by atoms with E-state index < -0.39 is 0 Å². The minimum atomic E-state index is -0.376. The first-order valence-corrected chi connectivity index (χ1v) is 12.0. The number of esters is 1. The third-order valence-electron chi connectivity index (χ3n) is 6.23. The summed E-state index contributed by atoms with van der Waals surface area (Å²) in [5.41, 5.74) is 4.08. The first-order chi connectivity index (χ1) is 16.7. The van der Waals surface area contributed by atoms with Crippen LogP contribution < -0.4 is 9.47 Å². The minimum Gasteiger partial charge on any atom is -0.493 e. The Kier molecular flexibility index (Phi) is 8.39. The highest BCUT2D eigenvalue weighted by molar-refractivity contribution is 5.87. The molecule has 0 aromatic heterocycles. The maximum Gasteiger partial charge on any atom is 0.330 e. The van der Waals surface area contributed by atoms with Crippen LogP contribution in [-0.2, 0) is 16.1 Å². The zero-order valence-corrected chi connectivity index (χ0v) is 19.7. The molecule has 0 spiro atoms. The van der Waals surface area contributed by atoms with Crippen LogP contribution in [0.5, 0.6) is 11.5 Å². The number of carbonyl (C=O) groups is 1. The van der Waals surface area contributed by atoms with Crippen LogP contribution in [0.25, 0.3) is 17.2 Å². The zero-order chi connectivity index (χ0) is 23.6. The fraction of sp³-hybridized carbons (Fsp3) is 0.300. The lowest BCUT2D eigenvalue weighted by Gasteiger charge is -2.22. The van der Waals surface area contributed by atoms with Gasteiger partial charge >= 0.3 is 5.97 Å². The third kappa shape index (κ3) is 6.74. The van der Waals surface area contributed by atoms with E-state index in [0.717, 1.165) is 40.4 Å². The van der Waals surface area contributed by atoms with Crippen molar-refractivity contribution < 1.29 is 19.0 Å². The molecular formula is C30H32O4. The van der Waals surface area contributed by atoms with Crippen molar-refractivity contribution in [2.24, 2.45) is 5.92 Å². The van der Waals surface area contributed by atoms with Crippen LogP contribution in [0.3, 0.4) is 0 Å². The average Bonchev–Trinajstić information content (AvgIpc) is 2.91. The van der Waals surface area contributed by atoms with Gasteiger partial charge in [0.2, 0.25) is 0 Å². The number of methoxy groups -OCH3 is 1. The molecule has 0 aliphatic heterocycles. The number of hydrogen-bond donors (Lipinski definition) is 0. The summed E-state index contributed by atoms with van der Waals surface area (Å²) >= 11 is 0. The van der Waals surface area contributed by atoms with Gasteiger partial charge in [-0.15, -0.1) is 0 Å². The van der Waals surface area contributed by atoms with E-state index in [2.05, 4.69) is 30.3 Å². The van der Waals surface area contributed by atoms with Crippen LogP contribution in [0.1, 0.15) is 43.2 Å². The lowest BCUT2D eigenvalue weighted by Crippen LogP contribution is -2.15. The molecule has 176 valence electrons. The van der Waals surface area contributed by atoms with E-state index in [1.165, 1.54) is 45.3 Å². The normalized spacial score (nSPS) is 14.1. The van der Waals surface area contributed by atoms with Crippen LogP contribution >= 0.6 is 0 Å². The van der Waals surface area contributed by atoms with Crippen molar-refractivity contribution in [3.8, 4) is 22.6 Å². The van der Waals surface area contributed by atoms with E-state index in [4.69, 9.17) is 14.2 Å². The molecule has 0 heterocycles. The molecule has 0 saturated heterocycles. The first-order valence-electron chi connectivity index (χ1n) is 12.0. The maximum atomic E-state index is 11.5. The van der Waals surface area contributed by atoms with E-state index in [1.807, 2.05) is 42.5 Å². The maximum absolute atomic E-state index is 11.5. The van der Waals surface area contributed by atoms with E-state index in [9.17, 15) is 4.79 Å². The standard InChI is InChI=1S/C30H32O4/c1-32-30(31)19-13-23-12-18-29(34-22-25-10-6-3-7-11-25)28(20-23)26-14-16-27(17-15-26)33-21-24-8-4-2-5-9-24/h2,4-5,8-9,12-20,25H,3,6-7,10-11,21-22H2,1H3/b19-13+. The summed E-state index contributed by atoms with van der Waals surface area (Å²) in [7, 11) is 1.38. The van der Waals surface area contributed by atoms with Gasteiger partial charge in [-0.1, -0.05) is 67.8 Å². The zero-order valence-electron chi connectivity index (χ0n) is 19.7. The highest BCUT2D eigenvalue weighted by Gasteiger charge is 2.16. The summed E-state index contributed by atoms with van der Waals surface area (Å²) < 4.78 is 17.0. The Bertz CT molecular complexity index is 1080. The Hall–Kier alpha value is -3.53. The summed E-state index contributed by atoms with van der Waals surface area (Å²) in [4.78, 5) is 11.5. The fourth-order valence-electron chi connectivity index (χ4n) is 4.27. The van der Waals surface area contributed by atoms with Crippen molar-refractivity contribution in [1.29, 1.82) is 0 Å². The quantitative estimate of drug-likeness (QED) is 0.255. The molecule has 0 bridgehead atoms. The van der Waals surface area contributed by atoms with Gasteiger partial charge in [0.25, 0.3) is 0 Å². The lowest BCUT2D eigenvalue weighted by molar-refractivity contribution is -0.134. The van der Waals surface area contributed by atoms with Gasteiger partial charge in [-0.05, 0) is 65.8 Å². The first kappa shape index (κ1) is 23.6. The second kappa shape index (κ2) is 12.1. The second-order valence-corrected chi connectivity index (χ2v) is 8.73. The van der Waals surface area contributed by atoms with Crippen molar-refractivity contribution in [3.63, 3.8) is 0 Å². The van der Waals surface area contributed by atoms with Crippen LogP contribution in [0.2, 0.25) is 0 Å². The molecule has 0 amide bonds. The van der Waals surface area contributed by atoms with E-state index in [1.54, 1.807) is 6.08 Å². The molecule has 3 aromatic carbocycles. The summed E-state index contributed by atoms with van der Waals surface area (Å²) in [6, 6.07) is 24.2. The van der Waals surface area contributed by atoms with Gasteiger partial charge in [0.1, 0.15) is 18.1 Å². The molecule has 1 saturated carbocycles. The summed E-state index contributed by atoms with van der Waals surface area (Å²) in [6.07, 6.45) is 9.60. The van der Waals surface area contributed by atoms with Gasteiger partial charge in [-0.25, -0.2) is 4.79 Å². The van der Waals surface area contributed by atoms with Crippen molar-refractivity contribution in [2.45, 2.75) is 38.7 Å². The van der Waals surface area contributed by atoms with Gasteiger partial charge in [0, 0.05) is 11.6 Å². The Labute approximate surface area is 202 Å². The molecule has 34 heavy (non-hydrogen) atoms. The minimum absolute atomic E-state index is 0.376. The van der Waals surface area contributed by atoms with Gasteiger partial charge in [-0.3, -0.25) is 0 Å². The van der Waals surface area contributed by atoms with Crippen LogP contribution in [0, 0.1) is 5.92 Å². The van der Waals surface area contributed by atoms with Crippen molar-refractivity contribution in [3.05, 3.63) is 90.0 Å². The molecule has 4 rings (SSSR count). The number of carbonyl (C=O) groups excluding carboxylic acids is 1. The molecule has 4 nitrogen and oxygen atoms in total. The number of rotatable bonds is 9. The van der Waals surface area contributed by atoms with Gasteiger partial charge < -0.3 is 14.2 Å². The van der Waals surface area contributed by atoms with Gasteiger partial charge in [0.05, 0.1) is 13.7 Å². The smallest absolute Gasteiger partial charge is 0.330 e. The van der Waals surface area contributed by atoms with E-state index >= 15 is 0 Å². The van der Waals surface area contributed by atoms with Crippen molar-refractivity contribution in [2.75, 3.05) is 13.7 Å². The third-order valence-corrected chi connectivity index (χ3v) is 6.23. The largest absolute Gasteiger partial charge is 0.493 e. The van der Waals surface area contributed by atoms with Gasteiger partial charge in [-0.2, -0.15) is 0 Å². The molecule has 4 heteroatoms. The molecule has 0 radical (unpaired) electrons. The average molecular weight is 457 g/mol. The molecule has 0 N–H and O–H groups in total. The molecule has 1 aliphatic carbocycles. The summed E-state index contributed by atoms with van der Waals surface area (Å²) in [5, 5.41) is 0. The molecule has 1 aliphatic rings. The van der Waals surface area contributed by atoms with E-state index in [-0.39, 0.29) is 5.97 Å². The Morgan fingerprint density at radius 2 is 1.68 bits per heavy atom. The van der Waals surface area contributed by atoms with Crippen molar-refractivity contribution >= 4 is 12.0 Å². The van der Waals surface area contributed by atoms with E-state index in [0.29, 0.717) is 12.5 Å². The molecule has 0 unspecified atom stereocenters. The van der Waals surface area contributed by atoms with Crippen molar-refractivity contribution in [1.82, 2.24) is 0 Å². The molecule has 1 fully saturated rings.